The number of hydrogen-bond donors (Lipinski definition) is 2. The van der Waals surface area contributed by atoms with E-state index in [1.165, 1.54) is 7.11 Å². The first-order valence-corrected chi connectivity index (χ1v) is 9.11. The molecule has 146 valence electrons. The number of amides is 1. The van der Waals surface area contributed by atoms with Crippen LogP contribution in [0, 0.1) is 0 Å². The van der Waals surface area contributed by atoms with Crippen LogP contribution in [0.1, 0.15) is 5.82 Å². The highest BCUT2D eigenvalue weighted by molar-refractivity contribution is 6.31. The molecular weight excluding hydrogens is 403 g/mol. The summed E-state index contributed by atoms with van der Waals surface area (Å²) >= 11 is 12.0. The zero-order valence-corrected chi connectivity index (χ0v) is 16.8. The van der Waals surface area contributed by atoms with Gasteiger partial charge in [0.25, 0.3) is 5.56 Å². The van der Waals surface area contributed by atoms with Crippen molar-refractivity contribution in [3.8, 4) is 5.75 Å². The van der Waals surface area contributed by atoms with Gasteiger partial charge >= 0.3 is 0 Å². The van der Waals surface area contributed by atoms with Crippen LogP contribution in [0.3, 0.4) is 0 Å². The summed E-state index contributed by atoms with van der Waals surface area (Å²) in [5.41, 5.74) is 0.742. The number of likely N-dealkylation sites (N-methyl/N-ethyl adjacent to an activating group) is 1. The number of carbonyl (C=O) groups excluding carboxylic acids is 1. The van der Waals surface area contributed by atoms with Gasteiger partial charge < -0.3 is 15.0 Å². The van der Waals surface area contributed by atoms with Crippen molar-refractivity contribution in [2.24, 2.45) is 0 Å². The largest absolute Gasteiger partial charge is 0.495 e. The Hall–Kier alpha value is -2.61. The number of rotatable bonds is 6. The zero-order valence-electron chi connectivity index (χ0n) is 15.3. The molecule has 0 aliphatic rings. The molecule has 1 aromatic heterocycles. The fraction of sp³-hybridized carbons (Fsp3) is 0.211. The monoisotopic (exact) mass is 420 g/mol. The van der Waals surface area contributed by atoms with Crippen LogP contribution in [-0.4, -0.2) is 41.5 Å². The van der Waals surface area contributed by atoms with E-state index in [9.17, 15) is 9.59 Å². The van der Waals surface area contributed by atoms with Gasteiger partial charge in [-0.05, 0) is 43.4 Å². The average molecular weight is 421 g/mol. The Balaban J connectivity index is 1.69. The summed E-state index contributed by atoms with van der Waals surface area (Å²) in [6.45, 7) is 0.352. The van der Waals surface area contributed by atoms with Crippen molar-refractivity contribution in [2.45, 2.75) is 6.54 Å². The summed E-state index contributed by atoms with van der Waals surface area (Å²) in [6.07, 6.45) is 0. The molecule has 0 atom stereocenters. The first kappa shape index (κ1) is 20.1. The molecule has 0 bridgehead atoms. The number of benzene rings is 2. The molecule has 0 spiro atoms. The lowest BCUT2D eigenvalue weighted by Crippen LogP contribution is -2.31. The summed E-state index contributed by atoms with van der Waals surface area (Å²) in [5.74, 6) is 0.697. The summed E-state index contributed by atoms with van der Waals surface area (Å²) < 4.78 is 5.22. The highest BCUT2D eigenvalue weighted by Crippen LogP contribution is 2.27. The molecule has 1 amide bonds. The topological polar surface area (TPSA) is 87.3 Å². The van der Waals surface area contributed by atoms with Crippen molar-refractivity contribution in [3.05, 3.63) is 62.6 Å². The Morgan fingerprint density at radius 1 is 1.21 bits per heavy atom. The Labute approximate surface area is 171 Å². The quantitative estimate of drug-likeness (QED) is 0.638. The number of aromatic nitrogens is 2. The van der Waals surface area contributed by atoms with E-state index in [4.69, 9.17) is 27.9 Å². The van der Waals surface area contributed by atoms with Crippen LogP contribution >= 0.6 is 23.2 Å². The molecule has 0 aliphatic carbocycles. The van der Waals surface area contributed by atoms with E-state index in [-0.39, 0.29) is 24.6 Å². The number of halogens is 2. The maximum Gasteiger partial charge on any atom is 0.258 e. The van der Waals surface area contributed by atoms with E-state index in [0.717, 1.165) is 0 Å². The number of aromatic amines is 1. The Bertz CT molecular complexity index is 1080. The van der Waals surface area contributed by atoms with Gasteiger partial charge in [0.1, 0.15) is 11.6 Å². The van der Waals surface area contributed by atoms with Crippen LogP contribution in [0.25, 0.3) is 10.9 Å². The fourth-order valence-corrected chi connectivity index (χ4v) is 3.10. The van der Waals surface area contributed by atoms with Crippen LogP contribution < -0.4 is 15.6 Å². The summed E-state index contributed by atoms with van der Waals surface area (Å²) in [7, 11) is 3.26. The average Bonchev–Trinajstić information content (AvgIpc) is 2.61. The number of fused-ring (bicyclic) bond motifs is 1. The highest BCUT2D eigenvalue weighted by Gasteiger charge is 2.13. The molecule has 0 saturated heterocycles. The highest BCUT2D eigenvalue weighted by atomic mass is 35.5. The molecule has 28 heavy (non-hydrogen) atoms. The van der Waals surface area contributed by atoms with Gasteiger partial charge in [-0.3, -0.25) is 14.5 Å². The minimum atomic E-state index is -0.255. The van der Waals surface area contributed by atoms with E-state index in [1.54, 1.807) is 48.3 Å². The van der Waals surface area contributed by atoms with Gasteiger partial charge in [-0.25, -0.2) is 4.98 Å². The SMILES string of the molecule is COc1ccc(Cl)cc1NC(=O)CN(C)Cc1nc2cc(Cl)ccc2c(=O)[nH]1. The molecule has 0 fully saturated rings. The molecule has 3 aromatic rings. The second-order valence-electron chi connectivity index (χ2n) is 6.24. The van der Waals surface area contributed by atoms with Crippen molar-refractivity contribution in [1.29, 1.82) is 0 Å². The molecule has 0 radical (unpaired) electrons. The lowest BCUT2D eigenvalue weighted by atomic mass is 10.2. The molecule has 0 unspecified atom stereocenters. The maximum absolute atomic E-state index is 12.4. The number of nitrogens with zero attached hydrogens (tertiary/aromatic N) is 2. The number of H-pyrrole nitrogens is 1. The molecule has 0 aliphatic heterocycles. The van der Waals surface area contributed by atoms with Gasteiger partial charge in [-0.1, -0.05) is 23.2 Å². The van der Waals surface area contributed by atoms with Crippen LogP contribution in [0.5, 0.6) is 5.75 Å². The predicted octanol–water partition coefficient (Wildman–Crippen LogP) is 3.31. The number of carbonyl (C=O) groups is 1. The Morgan fingerprint density at radius 3 is 2.68 bits per heavy atom. The summed E-state index contributed by atoms with van der Waals surface area (Å²) in [6, 6.07) is 9.87. The van der Waals surface area contributed by atoms with Crippen molar-refractivity contribution in [1.82, 2.24) is 14.9 Å². The normalized spacial score (nSPS) is 11.0. The van der Waals surface area contributed by atoms with Gasteiger partial charge in [-0.15, -0.1) is 0 Å². The minimum Gasteiger partial charge on any atom is -0.495 e. The molecular formula is C19H18Cl2N4O3. The molecule has 3 rings (SSSR count). The smallest absolute Gasteiger partial charge is 0.258 e. The molecule has 0 saturated carbocycles. The fourth-order valence-electron chi connectivity index (χ4n) is 2.76. The van der Waals surface area contributed by atoms with Crippen molar-refractivity contribution >= 4 is 45.7 Å². The number of nitrogens with one attached hydrogen (secondary N) is 2. The minimum absolute atomic E-state index is 0.0764. The maximum atomic E-state index is 12.4. The van der Waals surface area contributed by atoms with Crippen LogP contribution in [-0.2, 0) is 11.3 Å². The summed E-state index contributed by atoms with van der Waals surface area (Å²) in [5, 5.41) is 4.21. The van der Waals surface area contributed by atoms with E-state index in [2.05, 4.69) is 15.3 Å². The lowest BCUT2D eigenvalue weighted by Gasteiger charge is -2.17. The number of hydrogen-bond acceptors (Lipinski definition) is 5. The molecule has 9 heteroatoms. The van der Waals surface area contributed by atoms with Crippen molar-refractivity contribution in [2.75, 3.05) is 26.0 Å². The van der Waals surface area contributed by atoms with Gasteiger partial charge in [0, 0.05) is 10.0 Å². The Kier molecular flexibility index (Phi) is 6.18. The van der Waals surface area contributed by atoms with E-state index in [0.29, 0.717) is 38.2 Å². The zero-order chi connectivity index (χ0) is 20.3. The molecule has 2 N–H and O–H groups in total. The van der Waals surface area contributed by atoms with Crippen LogP contribution in [0.4, 0.5) is 5.69 Å². The first-order valence-electron chi connectivity index (χ1n) is 8.36. The van der Waals surface area contributed by atoms with Gasteiger partial charge in [0.2, 0.25) is 5.91 Å². The molecule has 1 heterocycles. The standard InChI is InChI=1S/C19H18Cl2N4O3/c1-25(10-18(26)23-15-8-12(21)4-6-16(15)28-2)9-17-22-14-7-11(20)3-5-13(14)19(27)24-17/h3-8H,9-10H2,1-2H3,(H,23,26)(H,22,24,27). The van der Waals surface area contributed by atoms with Gasteiger partial charge in [0.05, 0.1) is 36.8 Å². The second-order valence-corrected chi connectivity index (χ2v) is 7.11. The van der Waals surface area contributed by atoms with Crippen LogP contribution in [0.15, 0.2) is 41.2 Å². The third kappa shape index (κ3) is 4.81. The lowest BCUT2D eigenvalue weighted by molar-refractivity contribution is -0.117. The van der Waals surface area contributed by atoms with Gasteiger partial charge in [-0.2, -0.15) is 0 Å². The first-order chi connectivity index (χ1) is 13.4. The number of ether oxygens (including phenoxy) is 1. The van der Waals surface area contributed by atoms with Crippen molar-refractivity contribution < 1.29 is 9.53 Å². The van der Waals surface area contributed by atoms with Crippen molar-refractivity contribution in [3.63, 3.8) is 0 Å². The van der Waals surface area contributed by atoms with Crippen LogP contribution in [0.2, 0.25) is 10.0 Å². The third-order valence-electron chi connectivity index (χ3n) is 3.99. The van der Waals surface area contributed by atoms with E-state index >= 15 is 0 Å². The number of methoxy groups -OCH3 is 1. The molecule has 7 nitrogen and oxygen atoms in total. The Morgan fingerprint density at radius 2 is 1.93 bits per heavy atom. The van der Waals surface area contributed by atoms with E-state index < -0.39 is 0 Å². The predicted molar refractivity (Wildman–Crippen MR) is 110 cm³/mol. The summed E-state index contributed by atoms with van der Waals surface area (Å²) in [4.78, 5) is 33.4. The molecule has 2 aromatic carbocycles. The van der Waals surface area contributed by atoms with Gasteiger partial charge in [0.15, 0.2) is 0 Å². The second kappa shape index (κ2) is 8.60. The number of anilines is 1. The van der Waals surface area contributed by atoms with E-state index in [1.807, 2.05) is 0 Å². The third-order valence-corrected chi connectivity index (χ3v) is 4.46.